The topological polar surface area (TPSA) is 92.9 Å². The minimum absolute atomic E-state index is 0.180. The molecule has 0 aliphatic rings. The third-order valence-corrected chi connectivity index (χ3v) is 6.74. The second-order valence-electron chi connectivity index (χ2n) is 6.10. The Morgan fingerprint density at radius 3 is 2.83 bits per heavy atom. The van der Waals surface area contributed by atoms with Gasteiger partial charge in [0.2, 0.25) is 11.0 Å². The highest BCUT2D eigenvalue weighted by atomic mass is 32.2. The van der Waals surface area contributed by atoms with Crippen molar-refractivity contribution in [1.82, 2.24) is 15.2 Å². The molecule has 3 heterocycles. The number of nitrogens with zero attached hydrogens (tertiary/aromatic N) is 3. The van der Waals surface area contributed by atoms with E-state index in [1.807, 2.05) is 17.5 Å². The van der Waals surface area contributed by atoms with Gasteiger partial charge in [0.05, 0.1) is 23.8 Å². The molecule has 0 fully saturated rings. The third kappa shape index (κ3) is 5.23. The number of hydrogen-bond donors (Lipinski definition) is 2. The largest absolute Gasteiger partial charge is 0.467 e. The maximum absolute atomic E-state index is 13.1. The Labute approximate surface area is 183 Å². The third-order valence-electron chi connectivity index (χ3n) is 3.92. The van der Waals surface area contributed by atoms with Crippen molar-refractivity contribution < 1.29 is 13.6 Å². The number of anilines is 2. The number of furan rings is 1. The van der Waals surface area contributed by atoms with E-state index in [2.05, 4.69) is 25.8 Å². The van der Waals surface area contributed by atoms with E-state index in [0.29, 0.717) is 26.8 Å². The fourth-order valence-electron chi connectivity index (χ4n) is 2.40. The highest BCUT2D eigenvalue weighted by Crippen LogP contribution is 2.30. The van der Waals surface area contributed by atoms with Crippen LogP contribution in [0.25, 0.3) is 11.3 Å². The van der Waals surface area contributed by atoms with E-state index in [4.69, 9.17) is 4.42 Å². The molecule has 1 atom stereocenters. The van der Waals surface area contributed by atoms with E-state index in [1.54, 1.807) is 25.3 Å². The van der Waals surface area contributed by atoms with Gasteiger partial charge in [-0.05, 0) is 43.3 Å². The number of aromatic nitrogens is 3. The summed E-state index contributed by atoms with van der Waals surface area (Å²) in [6, 6.07) is 9.76. The first-order valence-corrected chi connectivity index (χ1v) is 11.4. The Balaban J connectivity index is 1.30. The SMILES string of the molecule is C[C@@H](Sc1nnc(NCc2ccco2)s1)C(=O)Nc1nc(-c2ccc(F)cc2)cs1. The molecule has 3 aromatic heterocycles. The van der Waals surface area contributed by atoms with Gasteiger partial charge < -0.3 is 15.1 Å². The number of amides is 1. The summed E-state index contributed by atoms with van der Waals surface area (Å²) in [7, 11) is 0. The number of halogens is 1. The molecule has 11 heteroatoms. The fraction of sp³-hybridized carbons (Fsp3) is 0.158. The Bertz CT molecular complexity index is 1110. The lowest BCUT2D eigenvalue weighted by Gasteiger charge is -2.07. The molecule has 0 unspecified atom stereocenters. The molecule has 0 saturated heterocycles. The van der Waals surface area contributed by atoms with Gasteiger partial charge in [-0.3, -0.25) is 4.79 Å². The quantitative estimate of drug-likeness (QED) is 0.352. The van der Waals surface area contributed by atoms with Gasteiger partial charge in [0, 0.05) is 10.9 Å². The van der Waals surface area contributed by atoms with Gasteiger partial charge in [0.25, 0.3) is 0 Å². The average Bonchev–Trinajstić information content (AvgIpc) is 3.49. The van der Waals surface area contributed by atoms with Crippen molar-refractivity contribution in [3.63, 3.8) is 0 Å². The second kappa shape index (κ2) is 9.37. The van der Waals surface area contributed by atoms with Crippen LogP contribution in [0.1, 0.15) is 12.7 Å². The van der Waals surface area contributed by atoms with Crippen LogP contribution in [0.2, 0.25) is 0 Å². The van der Waals surface area contributed by atoms with E-state index in [1.165, 1.54) is 46.6 Å². The Morgan fingerprint density at radius 2 is 2.07 bits per heavy atom. The van der Waals surface area contributed by atoms with Crippen LogP contribution in [0.5, 0.6) is 0 Å². The number of nitrogens with one attached hydrogen (secondary N) is 2. The molecule has 0 spiro atoms. The molecular formula is C19H16FN5O2S3. The molecule has 0 bridgehead atoms. The standard InChI is InChI=1S/C19H16FN5O2S3/c1-11(29-19-25-24-17(30-19)21-9-14-3-2-8-27-14)16(26)23-18-22-15(10-28-18)12-4-6-13(20)7-5-12/h2-8,10-11H,9H2,1H3,(H,21,24)(H,22,23,26)/t11-/m1/s1. The molecule has 4 aromatic rings. The predicted molar refractivity (Wildman–Crippen MR) is 117 cm³/mol. The first-order valence-electron chi connectivity index (χ1n) is 8.85. The van der Waals surface area contributed by atoms with Crippen LogP contribution in [0.4, 0.5) is 14.7 Å². The van der Waals surface area contributed by atoms with E-state index in [0.717, 1.165) is 11.3 Å². The maximum atomic E-state index is 13.1. The molecule has 0 aliphatic heterocycles. The smallest absolute Gasteiger partial charge is 0.239 e. The fourth-order valence-corrected chi connectivity index (χ4v) is 5.02. The van der Waals surface area contributed by atoms with E-state index in [-0.39, 0.29) is 17.0 Å². The minimum atomic E-state index is -0.381. The van der Waals surface area contributed by atoms with Crippen LogP contribution in [0.15, 0.2) is 56.8 Å². The number of thiazole rings is 1. The zero-order valence-corrected chi connectivity index (χ0v) is 18.1. The Hall–Kier alpha value is -2.76. The van der Waals surface area contributed by atoms with Crippen molar-refractivity contribution in [3.8, 4) is 11.3 Å². The van der Waals surface area contributed by atoms with Gasteiger partial charge in [-0.15, -0.1) is 21.5 Å². The maximum Gasteiger partial charge on any atom is 0.239 e. The van der Waals surface area contributed by atoms with Gasteiger partial charge in [0.1, 0.15) is 11.6 Å². The van der Waals surface area contributed by atoms with Crippen molar-refractivity contribution in [3.05, 3.63) is 59.6 Å². The lowest BCUT2D eigenvalue weighted by molar-refractivity contribution is -0.115. The first-order chi connectivity index (χ1) is 14.6. The van der Waals surface area contributed by atoms with E-state index >= 15 is 0 Å². The monoisotopic (exact) mass is 461 g/mol. The van der Waals surface area contributed by atoms with Gasteiger partial charge >= 0.3 is 0 Å². The summed E-state index contributed by atoms with van der Waals surface area (Å²) >= 11 is 4.02. The first kappa shape index (κ1) is 20.5. The summed E-state index contributed by atoms with van der Waals surface area (Å²) in [4.78, 5) is 16.9. The molecule has 1 aromatic carbocycles. The summed E-state index contributed by atoms with van der Waals surface area (Å²) < 4.78 is 19.0. The van der Waals surface area contributed by atoms with Crippen molar-refractivity contribution in [1.29, 1.82) is 0 Å². The van der Waals surface area contributed by atoms with Crippen molar-refractivity contribution in [2.24, 2.45) is 0 Å². The van der Waals surface area contributed by atoms with Crippen LogP contribution in [0, 0.1) is 5.82 Å². The zero-order valence-electron chi connectivity index (χ0n) is 15.7. The molecular weight excluding hydrogens is 445 g/mol. The summed E-state index contributed by atoms with van der Waals surface area (Å²) in [5.41, 5.74) is 1.48. The number of hydrogen-bond acceptors (Lipinski definition) is 9. The van der Waals surface area contributed by atoms with E-state index < -0.39 is 0 Å². The highest BCUT2D eigenvalue weighted by Gasteiger charge is 2.19. The number of benzene rings is 1. The highest BCUT2D eigenvalue weighted by molar-refractivity contribution is 8.02. The minimum Gasteiger partial charge on any atom is -0.467 e. The normalized spacial score (nSPS) is 11.9. The zero-order chi connectivity index (χ0) is 20.9. The van der Waals surface area contributed by atoms with Crippen LogP contribution < -0.4 is 10.6 Å². The molecule has 1 amide bonds. The average molecular weight is 462 g/mol. The number of thioether (sulfide) groups is 1. The van der Waals surface area contributed by atoms with Crippen molar-refractivity contribution in [2.45, 2.75) is 23.1 Å². The van der Waals surface area contributed by atoms with Crippen LogP contribution in [-0.2, 0) is 11.3 Å². The van der Waals surface area contributed by atoms with Gasteiger partial charge in [-0.25, -0.2) is 9.37 Å². The van der Waals surface area contributed by atoms with Crippen LogP contribution in [-0.4, -0.2) is 26.3 Å². The Kier molecular flexibility index (Phi) is 6.41. The predicted octanol–water partition coefficient (Wildman–Crippen LogP) is 5.13. The van der Waals surface area contributed by atoms with Gasteiger partial charge in [-0.1, -0.05) is 23.1 Å². The second-order valence-corrected chi connectivity index (χ2v) is 9.52. The summed E-state index contributed by atoms with van der Waals surface area (Å²) in [6.45, 7) is 2.31. The molecule has 4 rings (SSSR count). The summed E-state index contributed by atoms with van der Waals surface area (Å²) in [5.74, 6) is 0.320. The lowest BCUT2D eigenvalue weighted by atomic mass is 10.2. The van der Waals surface area contributed by atoms with E-state index in [9.17, 15) is 9.18 Å². The Morgan fingerprint density at radius 1 is 1.23 bits per heavy atom. The van der Waals surface area contributed by atoms with Crippen molar-refractivity contribution in [2.75, 3.05) is 10.6 Å². The molecule has 0 saturated carbocycles. The summed E-state index contributed by atoms with van der Waals surface area (Å²) in [6.07, 6.45) is 1.61. The summed E-state index contributed by atoms with van der Waals surface area (Å²) in [5, 5.41) is 16.7. The van der Waals surface area contributed by atoms with Crippen LogP contribution >= 0.6 is 34.4 Å². The van der Waals surface area contributed by atoms with Gasteiger partial charge in [-0.2, -0.15) is 0 Å². The molecule has 2 N–H and O–H groups in total. The van der Waals surface area contributed by atoms with Gasteiger partial charge in [0.15, 0.2) is 9.47 Å². The molecule has 0 radical (unpaired) electrons. The number of rotatable bonds is 8. The number of carbonyl (C=O) groups is 1. The van der Waals surface area contributed by atoms with Crippen LogP contribution in [0.3, 0.4) is 0 Å². The van der Waals surface area contributed by atoms with Crippen molar-refractivity contribution >= 4 is 50.6 Å². The number of carbonyl (C=O) groups excluding carboxylic acids is 1. The molecule has 30 heavy (non-hydrogen) atoms. The molecule has 7 nitrogen and oxygen atoms in total. The molecule has 154 valence electrons. The lowest BCUT2D eigenvalue weighted by Crippen LogP contribution is -2.22. The molecule has 0 aliphatic carbocycles.